The zero-order chi connectivity index (χ0) is 9.90. The lowest BCUT2D eigenvalue weighted by atomic mass is 10.4. The molecule has 0 spiro atoms. The van der Waals surface area contributed by atoms with E-state index in [2.05, 4.69) is 4.98 Å². The summed E-state index contributed by atoms with van der Waals surface area (Å²) in [4.78, 5) is 15.7. The molecule has 0 aliphatic carbocycles. The molecule has 0 aromatic carbocycles. The number of ketones is 1. The molecule has 1 rings (SSSR count). The number of nitrogens with zero attached hydrogens (tertiary/aromatic N) is 1. The molecule has 0 saturated heterocycles. The summed E-state index contributed by atoms with van der Waals surface area (Å²) in [6, 6.07) is 0. The predicted molar refractivity (Wildman–Crippen MR) is 51.9 cm³/mol. The molecule has 1 aromatic rings. The summed E-state index contributed by atoms with van der Waals surface area (Å²) in [6.45, 7) is 1.45. The number of carbonyl (C=O) groups is 1. The molecular weight excluding hydrogens is 209 g/mol. The second-order valence-electron chi connectivity index (χ2n) is 2.64. The van der Waals surface area contributed by atoms with Crippen LogP contribution in [0, 0.1) is 0 Å². The molecule has 4 nitrogen and oxygen atoms in total. The van der Waals surface area contributed by atoms with Crippen molar-refractivity contribution in [2.75, 3.05) is 19.9 Å². The second kappa shape index (κ2) is 4.13. The number of hydrogen-bond acceptors (Lipinski definition) is 5. The van der Waals surface area contributed by atoms with Crippen molar-refractivity contribution < 1.29 is 13.9 Å². The van der Waals surface area contributed by atoms with Crippen molar-refractivity contribution in [2.24, 2.45) is 0 Å². The summed E-state index contributed by atoms with van der Waals surface area (Å²) >= 11 is 1.24. The molecule has 0 fully saturated rings. The van der Waals surface area contributed by atoms with Gasteiger partial charge in [-0.2, -0.15) is 0 Å². The van der Waals surface area contributed by atoms with E-state index in [0.717, 1.165) is 0 Å². The summed E-state index contributed by atoms with van der Waals surface area (Å²) in [5.41, 5.74) is 1.57. The highest BCUT2D eigenvalue weighted by Gasteiger charge is 2.20. The molecule has 1 unspecified atom stereocenters. The number of Topliss-reactive ketones (excluding diaryl/α,β-unsaturated/α-hetero) is 1. The SMILES string of the molecule is COP(C)(=O)CC(=O)c1cncs1. The van der Waals surface area contributed by atoms with Crippen LogP contribution in [-0.4, -0.2) is 30.7 Å². The fraction of sp³-hybridized carbons (Fsp3) is 0.429. The van der Waals surface area contributed by atoms with Gasteiger partial charge in [0.25, 0.3) is 0 Å². The summed E-state index contributed by atoms with van der Waals surface area (Å²) in [5.74, 6) is -0.171. The smallest absolute Gasteiger partial charge is 0.207 e. The van der Waals surface area contributed by atoms with E-state index in [-0.39, 0.29) is 11.9 Å². The minimum Gasteiger partial charge on any atom is -0.332 e. The predicted octanol–water partition coefficient (Wildman–Crippen LogP) is 1.88. The first-order chi connectivity index (χ1) is 6.05. The maximum absolute atomic E-state index is 11.4. The minimum absolute atomic E-state index is 0.0499. The van der Waals surface area contributed by atoms with Crippen LogP contribution >= 0.6 is 18.7 Å². The fourth-order valence-electron chi connectivity index (χ4n) is 0.757. The highest BCUT2D eigenvalue weighted by molar-refractivity contribution is 7.59. The van der Waals surface area contributed by atoms with Crippen LogP contribution in [0.1, 0.15) is 9.67 Å². The van der Waals surface area contributed by atoms with Crippen LogP contribution in [0.15, 0.2) is 11.7 Å². The highest BCUT2D eigenvalue weighted by Crippen LogP contribution is 2.41. The van der Waals surface area contributed by atoms with Gasteiger partial charge in [-0.1, -0.05) is 0 Å². The summed E-state index contributed by atoms with van der Waals surface area (Å²) < 4.78 is 16.2. The summed E-state index contributed by atoms with van der Waals surface area (Å²) in [5, 5.41) is 0. The second-order valence-corrected chi connectivity index (χ2v) is 6.24. The van der Waals surface area contributed by atoms with Gasteiger partial charge in [0.05, 0.1) is 16.5 Å². The molecule has 0 aliphatic rings. The van der Waals surface area contributed by atoms with Gasteiger partial charge in [0.1, 0.15) is 0 Å². The van der Waals surface area contributed by atoms with E-state index in [4.69, 9.17) is 4.52 Å². The molecule has 1 heterocycles. The summed E-state index contributed by atoms with van der Waals surface area (Å²) in [7, 11) is -1.39. The van der Waals surface area contributed by atoms with Crippen LogP contribution < -0.4 is 0 Å². The van der Waals surface area contributed by atoms with Gasteiger partial charge in [-0.25, -0.2) is 0 Å². The van der Waals surface area contributed by atoms with Gasteiger partial charge in [0.15, 0.2) is 5.78 Å². The monoisotopic (exact) mass is 219 g/mol. The van der Waals surface area contributed by atoms with E-state index in [1.807, 2.05) is 0 Å². The van der Waals surface area contributed by atoms with Crippen molar-refractivity contribution in [1.82, 2.24) is 4.98 Å². The van der Waals surface area contributed by atoms with Crippen molar-refractivity contribution in [3.63, 3.8) is 0 Å². The first kappa shape index (κ1) is 10.6. The van der Waals surface area contributed by atoms with E-state index in [9.17, 15) is 9.36 Å². The molecule has 1 aromatic heterocycles. The van der Waals surface area contributed by atoms with E-state index in [1.54, 1.807) is 5.51 Å². The van der Waals surface area contributed by atoms with Gasteiger partial charge in [-0.3, -0.25) is 14.3 Å². The van der Waals surface area contributed by atoms with Gasteiger partial charge >= 0.3 is 0 Å². The lowest BCUT2D eigenvalue weighted by molar-refractivity contribution is 0.102. The molecule has 0 aliphatic heterocycles. The van der Waals surface area contributed by atoms with Crippen LogP contribution in [0.25, 0.3) is 0 Å². The van der Waals surface area contributed by atoms with Crippen molar-refractivity contribution >= 4 is 24.5 Å². The number of carbonyl (C=O) groups excluding carboxylic acids is 1. The van der Waals surface area contributed by atoms with E-state index < -0.39 is 7.37 Å². The van der Waals surface area contributed by atoms with Crippen LogP contribution in [0.5, 0.6) is 0 Å². The maximum atomic E-state index is 11.4. The molecule has 13 heavy (non-hydrogen) atoms. The molecule has 0 bridgehead atoms. The number of aromatic nitrogens is 1. The van der Waals surface area contributed by atoms with Crippen LogP contribution in [0.3, 0.4) is 0 Å². The lowest BCUT2D eigenvalue weighted by Crippen LogP contribution is -2.04. The molecule has 6 heteroatoms. The largest absolute Gasteiger partial charge is 0.332 e. The topological polar surface area (TPSA) is 56.3 Å². The zero-order valence-electron chi connectivity index (χ0n) is 7.39. The number of thiazole rings is 1. The molecule has 72 valence electrons. The molecular formula is C7H10NO3PS. The van der Waals surface area contributed by atoms with Crippen molar-refractivity contribution in [3.8, 4) is 0 Å². The summed E-state index contributed by atoms with van der Waals surface area (Å²) in [6.07, 6.45) is 1.42. The molecule has 0 N–H and O–H groups in total. The third-order valence-electron chi connectivity index (χ3n) is 1.52. The zero-order valence-corrected chi connectivity index (χ0v) is 9.10. The number of rotatable bonds is 4. The average molecular weight is 219 g/mol. The Bertz CT molecular complexity index is 336. The van der Waals surface area contributed by atoms with E-state index >= 15 is 0 Å². The standard InChI is InChI=1S/C7H10NO3PS/c1-11-12(2,10)4-6(9)7-3-8-5-13-7/h3,5H,4H2,1-2H3. The lowest BCUT2D eigenvalue weighted by Gasteiger charge is -2.07. The van der Waals surface area contributed by atoms with Crippen molar-refractivity contribution in [1.29, 1.82) is 0 Å². The van der Waals surface area contributed by atoms with Gasteiger partial charge < -0.3 is 4.52 Å². The van der Waals surface area contributed by atoms with Gasteiger partial charge in [0, 0.05) is 20.0 Å². The van der Waals surface area contributed by atoms with Crippen LogP contribution in [-0.2, 0) is 9.09 Å². The average Bonchev–Trinajstić information content (AvgIpc) is 2.55. The minimum atomic E-state index is -2.74. The quantitative estimate of drug-likeness (QED) is 0.573. The number of hydrogen-bond donors (Lipinski definition) is 0. The third-order valence-corrected chi connectivity index (χ3v) is 3.97. The van der Waals surface area contributed by atoms with Crippen molar-refractivity contribution in [3.05, 3.63) is 16.6 Å². The Morgan fingerprint density at radius 1 is 1.77 bits per heavy atom. The fourth-order valence-corrected chi connectivity index (χ4v) is 2.25. The molecule has 0 radical (unpaired) electrons. The normalized spacial score (nSPS) is 15.2. The molecule has 0 amide bonds. The Kier molecular flexibility index (Phi) is 3.36. The van der Waals surface area contributed by atoms with Gasteiger partial charge in [0.2, 0.25) is 7.37 Å². The maximum Gasteiger partial charge on any atom is 0.207 e. The Labute approximate surface area is 80.4 Å². The Morgan fingerprint density at radius 2 is 2.46 bits per heavy atom. The molecule has 1 atom stereocenters. The van der Waals surface area contributed by atoms with E-state index in [0.29, 0.717) is 4.88 Å². The van der Waals surface area contributed by atoms with E-state index in [1.165, 1.54) is 31.3 Å². The van der Waals surface area contributed by atoms with Gasteiger partial charge in [-0.05, 0) is 0 Å². The molecule has 0 saturated carbocycles. The first-order valence-corrected chi connectivity index (χ1v) is 6.73. The van der Waals surface area contributed by atoms with Crippen LogP contribution in [0.4, 0.5) is 0 Å². The Hall–Kier alpha value is -0.510. The van der Waals surface area contributed by atoms with Crippen LogP contribution in [0.2, 0.25) is 0 Å². The van der Waals surface area contributed by atoms with Gasteiger partial charge in [-0.15, -0.1) is 11.3 Å². The first-order valence-electron chi connectivity index (χ1n) is 3.59. The Balaban J connectivity index is 2.67. The van der Waals surface area contributed by atoms with Crippen molar-refractivity contribution in [2.45, 2.75) is 0 Å². The highest BCUT2D eigenvalue weighted by atomic mass is 32.1. The Morgan fingerprint density at radius 3 is 2.92 bits per heavy atom. The third kappa shape index (κ3) is 3.03.